The topological polar surface area (TPSA) is 127 Å². The molecule has 0 amide bonds. The summed E-state index contributed by atoms with van der Waals surface area (Å²) in [6.07, 6.45) is 0. The van der Waals surface area contributed by atoms with Crippen LogP contribution in [0, 0.1) is 0 Å². The SMILES string of the molecule is O=[Si](O)O.OOB(O)O.[NaH].[NaH]. The van der Waals surface area contributed by atoms with Gasteiger partial charge in [-0.25, -0.2) is 4.81 Å². The Hall–Kier alpha value is 1.52. The van der Waals surface area contributed by atoms with Gasteiger partial charge in [-0.15, -0.1) is 0 Å². The van der Waals surface area contributed by atoms with Gasteiger partial charge < -0.3 is 19.6 Å². The third kappa shape index (κ3) is 84.2. The molecule has 0 aromatic heterocycles. The Morgan fingerprint density at radius 3 is 1.27 bits per heavy atom. The van der Waals surface area contributed by atoms with Gasteiger partial charge in [-0.1, -0.05) is 0 Å². The molecule has 0 aromatic carbocycles. The van der Waals surface area contributed by atoms with Crippen LogP contribution in [0.4, 0.5) is 0 Å². The van der Waals surface area contributed by atoms with E-state index in [0.29, 0.717) is 0 Å². The summed E-state index contributed by atoms with van der Waals surface area (Å²) in [4.78, 5) is 17.2. The molecular formula is H7BNa2O7Si. The van der Waals surface area contributed by atoms with Crippen LogP contribution < -0.4 is 0 Å². The molecule has 11 heteroatoms. The zero-order valence-corrected chi connectivity index (χ0v) is 5.13. The molecule has 0 aromatic rings. The fourth-order valence-electron chi connectivity index (χ4n) is 0. The van der Waals surface area contributed by atoms with Gasteiger partial charge in [0, 0.05) is 0 Å². The second kappa shape index (κ2) is 17.6. The molecule has 58 valence electrons. The van der Waals surface area contributed by atoms with Crippen molar-refractivity contribution in [3.8, 4) is 0 Å². The molecule has 0 saturated heterocycles. The van der Waals surface area contributed by atoms with Gasteiger partial charge in [0.05, 0.1) is 0 Å². The van der Waals surface area contributed by atoms with Crippen molar-refractivity contribution >= 4 is 75.6 Å². The molecule has 0 atom stereocenters. The molecule has 0 heterocycles. The molecule has 0 radical (unpaired) electrons. The average Bonchev–Trinajstić information content (AvgIpc) is 1.65. The van der Waals surface area contributed by atoms with Gasteiger partial charge in [0.2, 0.25) is 0 Å². The average molecular weight is 204 g/mol. The Bertz CT molecular complexity index is 72.8. The van der Waals surface area contributed by atoms with E-state index >= 15 is 0 Å². The standard InChI is InChI=1S/BH3O4.2Na.H2O3Si.2H/c2-1(3)5-4;;;1-4(2)3;;/h2-4H;;;1-2H;;. The maximum atomic E-state index is 8.74. The Balaban J connectivity index is -0.0000000383. The quantitative estimate of drug-likeness (QED) is 0.165. The van der Waals surface area contributed by atoms with E-state index in [1.54, 1.807) is 0 Å². The van der Waals surface area contributed by atoms with Crippen molar-refractivity contribution in [2.24, 2.45) is 0 Å². The fraction of sp³-hybridized carbons (Fsp3) is 0. The van der Waals surface area contributed by atoms with Crippen molar-refractivity contribution < 1.29 is 34.2 Å². The van der Waals surface area contributed by atoms with E-state index in [-0.39, 0.29) is 59.1 Å². The zero-order valence-electron chi connectivity index (χ0n) is 4.13. The van der Waals surface area contributed by atoms with E-state index in [4.69, 9.17) is 29.4 Å². The van der Waals surface area contributed by atoms with Crippen LogP contribution in [-0.4, -0.2) is 101 Å². The van der Waals surface area contributed by atoms with E-state index in [0.717, 1.165) is 0 Å². The Morgan fingerprint density at radius 2 is 1.27 bits per heavy atom. The van der Waals surface area contributed by atoms with Gasteiger partial charge in [0.1, 0.15) is 0 Å². The molecule has 0 spiro atoms. The minimum atomic E-state index is -3.13. The van der Waals surface area contributed by atoms with Crippen molar-refractivity contribution in [1.29, 1.82) is 0 Å². The summed E-state index contributed by atoms with van der Waals surface area (Å²) in [6.45, 7) is 0. The first-order chi connectivity index (χ1) is 4.00. The van der Waals surface area contributed by atoms with Gasteiger partial charge in [-0.2, -0.15) is 0 Å². The van der Waals surface area contributed by atoms with E-state index in [2.05, 4.69) is 4.81 Å². The Morgan fingerprint density at radius 1 is 1.18 bits per heavy atom. The monoisotopic (exact) mass is 204 g/mol. The summed E-state index contributed by atoms with van der Waals surface area (Å²) in [5.41, 5.74) is 0. The normalized spacial score (nSPS) is 5.73. The Kier molecular flexibility index (Phi) is 36.6. The van der Waals surface area contributed by atoms with E-state index in [9.17, 15) is 0 Å². The molecule has 0 aliphatic heterocycles. The predicted molar refractivity (Wildman–Crippen MR) is 39.1 cm³/mol. The summed E-state index contributed by atoms with van der Waals surface area (Å²) >= 11 is 0. The first kappa shape index (κ1) is 22.9. The molecule has 0 fully saturated rings. The summed E-state index contributed by atoms with van der Waals surface area (Å²) in [5.74, 6) is 0. The Labute approximate surface area is 109 Å². The third-order valence-corrected chi connectivity index (χ3v) is 0.0943. The molecule has 7 nitrogen and oxygen atoms in total. The zero-order chi connectivity index (χ0) is 7.86. The second-order valence-corrected chi connectivity index (χ2v) is 1.28. The van der Waals surface area contributed by atoms with Crippen molar-refractivity contribution in [3.63, 3.8) is 0 Å². The van der Waals surface area contributed by atoms with Crippen LogP contribution >= 0.6 is 0 Å². The van der Waals surface area contributed by atoms with Crippen LogP contribution in [0.25, 0.3) is 0 Å². The van der Waals surface area contributed by atoms with Crippen LogP contribution in [0.1, 0.15) is 0 Å². The van der Waals surface area contributed by atoms with Gasteiger partial charge in [-0.05, 0) is 0 Å². The second-order valence-electron chi connectivity index (χ2n) is 0.714. The van der Waals surface area contributed by atoms with E-state index in [1.807, 2.05) is 0 Å². The summed E-state index contributed by atoms with van der Waals surface area (Å²) < 4.78 is 8.74. The van der Waals surface area contributed by atoms with Crippen LogP contribution in [-0.2, 0) is 9.27 Å². The first-order valence-corrected chi connectivity index (χ1v) is 2.89. The van der Waals surface area contributed by atoms with Crippen LogP contribution in [0.15, 0.2) is 0 Å². The van der Waals surface area contributed by atoms with Gasteiger partial charge >= 0.3 is 75.6 Å². The molecule has 0 unspecified atom stereocenters. The summed E-state index contributed by atoms with van der Waals surface area (Å²) in [7, 11) is -5.19. The molecule has 0 rings (SSSR count). The molecular weight excluding hydrogens is 197 g/mol. The number of rotatable bonds is 1. The number of hydrogen-bond acceptors (Lipinski definition) is 5. The summed E-state index contributed by atoms with van der Waals surface area (Å²) in [5, 5.41) is 22.0. The maximum absolute atomic E-state index is 8.74. The molecule has 0 aliphatic carbocycles. The van der Waals surface area contributed by atoms with Crippen LogP contribution in [0.2, 0.25) is 0 Å². The molecule has 11 heavy (non-hydrogen) atoms. The number of hydrogen-bond donors (Lipinski definition) is 5. The van der Waals surface area contributed by atoms with Gasteiger partial charge in [-0.3, -0.25) is 9.72 Å². The first-order valence-electron chi connectivity index (χ1n) is 1.59. The fourth-order valence-corrected chi connectivity index (χ4v) is 0. The third-order valence-electron chi connectivity index (χ3n) is 0.0943. The van der Waals surface area contributed by atoms with Crippen LogP contribution in [0.5, 0.6) is 0 Å². The molecule has 0 bridgehead atoms. The van der Waals surface area contributed by atoms with Crippen molar-refractivity contribution in [3.05, 3.63) is 0 Å². The van der Waals surface area contributed by atoms with E-state index < -0.39 is 16.5 Å². The van der Waals surface area contributed by atoms with Crippen molar-refractivity contribution in [2.45, 2.75) is 0 Å². The minimum absolute atomic E-state index is 0. The van der Waals surface area contributed by atoms with Crippen molar-refractivity contribution in [1.82, 2.24) is 0 Å². The van der Waals surface area contributed by atoms with Gasteiger partial charge in [0.15, 0.2) is 0 Å². The van der Waals surface area contributed by atoms with Crippen molar-refractivity contribution in [2.75, 3.05) is 0 Å². The predicted octanol–water partition coefficient (Wildman–Crippen LogP) is -4.47. The summed E-state index contributed by atoms with van der Waals surface area (Å²) in [6, 6.07) is 0. The molecule has 0 aliphatic rings. The van der Waals surface area contributed by atoms with E-state index in [1.165, 1.54) is 0 Å². The molecule has 0 saturated carbocycles. The van der Waals surface area contributed by atoms with Crippen LogP contribution in [0.3, 0.4) is 0 Å². The molecule has 5 N–H and O–H groups in total. The van der Waals surface area contributed by atoms with Gasteiger partial charge in [0.25, 0.3) is 0 Å².